The molecule has 3 rings (SSSR count). The van der Waals surface area contributed by atoms with Gasteiger partial charge in [0.05, 0.1) is 23.8 Å². The molecule has 1 aliphatic carbocycles. The number of hydrogen-bond donors (Lipinski definition) is 2. The number of rotatable bonds is 5. The summed E-state index contributed by atoms with van der Waals surface area (Å²) in [6.07, 6.45) is 4.36. The summed E-state index contributed by atoms with van der Waals surface area (Å²) in [5.41, 5.74) is 1.57. The van der Waals surface area contributed by atoms with Crippen molar-refractivity contribution in [2.24, 2.45) is 11.8 Å². The Morgan fingerprint density at radius 2 is 1.96 bits per heavy atom. The molecule has 2 N–H and O–H groups in total. The van der Waals surface area contributed by atoms with Crippen molar-refractivity contribution >= 4 is 11.9 Å². The number of carboxylic acids is 1. The molecule has 7 nitrogen and oxygen atoms in total. The fraction of sp³-hybridized carbons (Fsp3) is 0.444. The van der Waals surface area contributed by atoms with Gasteiger partial charge in [-0.3, -0.25) is 9.59 Å². The smallest absolute Gasteiger partial charge is 0.306 e. The van der Waals surface area contributed by atoms with Crippen molar-refractivity contribution < 1.29 is 14.7 Å². The van der Waals surface area contributed by atoms with E-state index in [1.165, 1.54) is 0 Å². The number of para-hydroxylation sites is 1. The van der Waals surface area contributed by atoms with Crippen LogP contribution in [0, 0.1) is 11.8 Å². The Labute approximate surface area is 146 Å². The Hall–Kier alpha value is -2.70. The molecule has 2 aromatic rings. The van der Waals surface area contributed by atoms with Gasteiger partial charge in [0.2, 0.25) is 5.91 Å². The average molecular weight is 342 g/mol. The van der Waals surface area contributed by atoms with Gasteiger partial charge in [0.1, 0.15) is 5.69 Å². The molecule has 1 aromatic carbocycles. The second-order valence-electron chi connectivity index (χ2n) is 6.55. The van der Waals surface area contributed by atoms with Crippen molar-refractivity contribution in [1.82, 2.24) is 20.3 Å². The number of amides is 1. The predicted octanol–water partition coefficient (Wildman–Crippen LogP) is 2.34. The maximum absolute atomic E-state index is 12.5. The van der Waals surface area contributed by atoms with E-state index in [-0.39, 0.29) is 17.9 Å². The van der Waals surface area contributed by atoms with E-state index in [1.54, 1.807) is 10.9 Å². The SMILES string of the molecule is CC(NC(=O)C1CCCC(C(=O)O)C1)c1cn(-c2ccccc2)nn1. The summed E-state index contributed by atoms with van der Waals surface area (Å²) in [4.78, 5) is 23.6. The molecule has 1 aromatic heterocycles. The Morgan fingerprint density at radius 3 is 2.68 bits per heavy atom. The van der Waals surface area contributed by atoms with E-state index in [0.717, 1.165) is 18.5 Å². The van der Waals surface area contributed by atoms with Gasteiger partial charge in [-0.1, -0.05) is 29.8 Å². The zero-order valence-electron chi connectivity index (χ0n) is 14.1. The summed E-state index contributed by atoms with van der Waals surface area (Å²) in [6, 6.07) is 9.34. The van der Waals surface area contributed by atoms with Gasteiger partial charge in [0, 0.05) is 5.92 Å². The maximum atomic E-state index is 12.5. The van der Waals surface area contributed by atoms with Crippen LogP contribution in [0.2, 0.25) is 0 Å². The van der Waals surface area contributed by atoms with Crippen molar-refractivity contribution in [3.63, 3.8) is 0 Å². The summed E-state index contributed by atoms with van der Waals surface area (Å²) < 4.78 is 1.67. The lowest BCUT2D eigenvalue weighted by Gasteiger charge is -2.26. The van der Waals surface area contributed by atoms with Crippen molar-refractivity contribution in [3.05, 3.63) is 42.2 Å². The van der Waals surface area contributed by atoms with Gasteiger partial charge >= 0.3 is 5.97 Å². The lowest BCUT2D eigenvalue weighted by molar-refractivity contribution is -0.144. The molecule has 0 bridgehead atoms. The standard InChI is InChI=1S/C18H22N4O3/c1-12(16-11-22(21-20-16)15-8-3-2-4-9-15)19-17(23)13-6-5-7-14(10-13)18(24)25/h2-4,8-9,11-14H,5-7,10H2,1H3,(H,19,23)(H,24,25). The molecule has 132 valence electrons. The maximum Gasteiger partial charge on any atom is 0.306 e. The molecule has 7 heteroatoms. The Bertz CT molecular complexity index is 744. The third-order valence-electron chi connectivity index (χ3n) is 4.73. The first-order chi connectivity index (χ1) is 12.0. The molecule has 1 aliphatic rings. The Kier molecular flexibility index (Phi) is 5.11. The molecule has 0 radical (unpaired) electrons. The summed E-state index contributed by atoms with van der Waals surface area (Å²) in [5, 5.41) is 20.3. The number of nitrogens with zero attached hydrogens (tertiary/aromatic N) is 3. The number of hydrogen-bond acceptors (Lipinski definition) is 4. The van der Waals surface area contributed by atoms with E-state index < -0.39 is 11.9 Å². The van der Waals surface area contributed by atoms with E-state index in [0.29, 0.717) is 18.5 Å². The lowest BCUT2D eigenvalue weighted by atomic mass is 9.81. The fourth-order valence-corrected chi connectivity index (χ4v) is 3.24. The van der Waals surface area contributed by atoms with Gasteiger partial charge in [-0.25, -0.2) is 4.68 Å². The summed E-state index contributed by atoms with van der Waals surface area (Å²) in [5.74, 6) is -1.58. The van der Waals surface area contributed by atoms with Crippen LogP contribution in [-0.2, 0) is 9.59 Å². The molecule has 1 fully saturated rings. The van der Waals surface area contributed by atoms with Crippen LogP contribution in [0.5, 0.6) is 0 Å². The Balaban J connectivity index is 1.62. The fourth-order valence-electron chi connectivity index (χ4n) is 3.24. The molecule has 25 heavy (non-hydrogen) atoms. The van der Waals surface area contributed by atoms with Crippen LogP contribution in [0.3, 0.4) is 0 Å². The molecule has 0 saturated heterocycles. The van der Waals surface area contributed by atoms with Crippen LogP contribution in [0.4, 0.5) is 0 Å². The van der Waals surface area contributed by atoms with Crippen LogP contribution < -0.4 is 5.32 Å². The van der Waals surface area contributed by atoms with Gasteiger partial charge in [0.25, 0.3) is 0 Å². The van der Waals surface area contributed by atoms with E-state index in [4.69, 9.17) is 5.11 Å². The topological polar surface area (TPSA) is 97.1 Å². The highest BCUT2D eigenvalue weighted by molar-refractivity contribution is 5.80. The first-order valence-electron chi connectivity index (χ1n) is 8.55. The van der Waals surface area contributed by atoms with Crippen molar-refractivity contribution in [2.45, 2.75) is 38.6 Å². The highest BCUT2D eigenvalue weighted by atomic mass is 16.4. The largest absolute Gasteiger partial charge is 0.481 e. The highest BCUT2D eigenvalue weighted by Crippen LogP contribution is 2.29. The molecule has 0 spiro atoms. The summed E-state index contributed by atoms with van der Waals surface area (Å²) in [6.45, 7) is 1.86. The third-order valence-corrected chi connectivity index (χ3v) is 4.73. The second-order valence-corrected chi connectivity index (χ2v) is 6.55. The van der Waals surface area contributed by atoms with Gasteiger partial charge in [-0.05, 0) is 38.3 Å². The minimum Gasteiger partial charge on any atom is -0.481 e. The highest BCUT2D eigenvalue weighted by Gasteiger charge is 2.31. The second kappa shape index (κ2) is 7.46. The number of carbonyl (C=O) groups is 2. The van der Waals surface area contributed by atoms with E-state index in [9.17, 15) is 9.59 Å². The molecule has 3 unspecified atom stereocenters. The number of nitrogens with one attached hydrogen (secondary N) is 1. The number of benzene rings is 1. The average Bonchev–Trinajstić information content (AvgIpc) is 3.13. The quantitative estimate of drug-likeness (QED) is 0.869. The first-order valence-corrected chi connectivity index (χ1v) is 8.55. The molecule has 1 amide bonds. The molecule has 0 aliphatic heterocycles. The number of aliphatic carboxylic acids is 1. The zero-order valence-corrected chi connectivity index (χ0v) is 14.1. The van der Waals surface area contributed by atoms with Crippen molar-refractivity contribution in [3.8, 4) is 5.69 Å². The lowest BCUT2D eigenvalue weighted by Crippen LogP contribution is -2.36. The normalized spacial score (nSPS) is 21.5. The minimum absolute atomic E-state index is 0.104. The number of aromatic nitrogens is 3. The number of carboxylic acid groups (broad SMARTS) is 1. The molecular formula is C18H22N4O3. The van der Waals surface area contributed by atoms with Crippen LogP contribution in [0.15, 0.2) is 36.5 Å². The first kappa shape index (κ1) is 17.1. The minimum atomic E-state index is -0.809. The van der Waals surface area contributed by atoms with Crippen LogP contribution >= 0.6 is 0 Å². The summed E-state index contributed by atoms with van der Waals surface area (Å²) in [7, 11) is 0. The molecule has 1 heterocycles. The molecule has 1 saturated carbocycles. The van der Waals surface area contributed by atoms with Crippen LogP contribution in [-0.4, -0.2) is 32.0 Å². The van der Waals surface area contributed by atoms with Gasteiger partial charge in [-0.2, -0.15) is 0 Å². The predicted molar refractivity (Wildman–Crippen MR) is 91.0 cm³/mol. The monoisotopic (exact) mass is 342 g/mol. The van der Waals surface area contributed by atoms with Crippen LogP contribution in [0.25, 0.3) is 5.69 Å². The Morgan fingerprint density at radius 1 is 1.24 bits per heavy atom. The summed E-state index contributed by atoms with van der Waals surface area (Å²) >= 11 is 0. The van der Waals surface area contributed by atoms with Crippen LogP contribution in [0.1, 0.15) is 44.3 Å². The third kappa shape index (κ3) is 4.04. The zero-order chi connectivity index (χ0) is 17.8. The number of carbonyl (C=O) groups excluding carboxylic acids is 1. The van der Waals surface area contributed by atoms with E-state index in [1.807, 2.05) is 37.3 Å². The van der Waals surface area contributed by atoms with Crippen molar-refractivity contribution in [2.75, 3.05) is 0 Å². The van der Waals surface area contributed by atoms with Gasteiger partial charge in [0.15, 0.2) is 0 Å². The molecule has 3 atom stereocenters. The van der Waals surface area contributed by atoms with Gasteiger partial charge < -0.3 is 10.4 Å². The van der Waals surface area contributed by atoms with E-state index >= 15 is 0 Å². The molecular weight excluding hydrogens is 320 g/mol. The van der Waals surface area contributed by atoms with Gasteiger partial charge in [-0.15, -0.1) is 5.10 Å². The van der Waals surface area contributed by atoms with Crippen molar-refractivity contribution in [1.29, 1.82) is 0 Å². The van der Waals surface area contributed by atoms with E-state index in [2.05, 4.69) is 15.6 Å².